The van der Waals surface area contributed by atoms with Crippen LogP contribution in [0.1, 0.15) is 58.8 Å². The zero-order chi connectivity index (χ0) is 15.0. The van der Waals surface area contributed by atoms with E-state index in [0.29, 0.717) is 30.2 Å². The lowest BCUT2D eigenvalue weighted by Gasteiger charge is -2.36. The molecule has 21 heavy (non-hydrogen) atoms. The summed E-state index contributed by atoms with van der Waals surface area (Å²) in [4.78, 5) is 26.0. The molecule has 0 bridgehead atoms. The van der Waals surface area contributed by atoms with Gasteiger partial charge < -0.3 is 9.64 Å². The summed E-state index contributed by atoms with van der Waals surface area (Å²) in [6, 6.07) is 0.388. The Kier molecular flexibility index (Phi) is 4.23. The van der Waals surface area contributed by atoms with E-state index in [9.17, 15) is 9.59 Å². The maximum Gasteiger partial charge on any atom is 0.309 e. The molecule has 4 heteroatoms. The summed E-state index contributed by atoms with van der Waals surface area (Å²) >= 11 is 0. The molecule has 3 rings (SSSR count). The smallest absolute Gasteiger partial charge is 0.309 e. The van der Waals surface area contributed by atoms with E-state index < -0.39 is 0 Å². The number of rotatable bonds is 3. The zero-order valence-electron chi connectivity index (χ0n) is 13.2. The van der Waals surface area contributed by atoms with Gasteiger partial charge in [-0.3, -0.25) is 9.59 Å². The molecular formula is C17H27NO3. The molecule has 0 radical (unpaired) electrons. The minimum Gasteiger partial charge on any atom is -0.462 e. The summed E-state index contributed by atoms with van der Waals surface area (Å²) in [5.74, 6) is 1.25. The lowest BCUT2D eigenvalue weighted by atomic mass is 9.76. The van der Waals surface area contributed by atoms with Crippen LogP contribution >= 0.6 is 0 Å². The molecule has 0 aromatic rings. The van der Waals surface area contributed by atoms with Crippen LogP contribution in [-0.2, 0) is 14.3 Å². The summed E-state index contributed by atoms with van der Waals surface area (Å²) in [7, 11) is 0. The number of ether oxygens (including phenoxy) is 1. The van der Waals surface area contributed by atoms with Gasteiger partial charge in [0, 0.05) is 24.9 Å². The highest BCUT2D eigenvalue weighted by atomic mass is 16.6. The highest BCUT2D eigenvalue weighted by molar-refractivity contribution is 5.79. The van der Waals surface area contributed by atoms with Gasteiger partial charge in [0.05, 0.1) is 5.92 Å². The van der Waals surface area contributed by atoms with Crippen LogP contribution in [0.15, 0.2) is 0 Å². The molecule has 0 unspecified atom stereocenters. The normalized spacial score (nSPS) is 38.1. The number of carbonyl (C=O) groups is 2. The highest BCUT2D eigenvalue weighted by Crippen LogP contribution is 2.41. The average molecular weight is 293 g/mol. The molecule has 3 saturated heterocycles. The second-order valence-corrected chi connectivity index (χ2v) is 7.04. The standard InChI is InChI=1S/C17H27NO3/c1-3-12(15-10-11(2)17(20)21-15)13-6-4-5-9-18-14(13)7-8-16(18)19/h11-15H,3-10H2,1-2H3/t11-,12+,13-,14+,15+/m1/s1. The van der Waals surface area contributed by atoms with Gasteiger partial charge >= 0.3 is 5.97 Å². The fourth-order valence-electron chi connectivity index (χ4n) is 4.71. The minimum atomic E-state index is -0.0357. The first-order valence-electron chi connectivity index (χ1n) is 8.61. The third-order valence-corrected chi connectivity index (χ3v) is 5.81. The monoisotopic (exact) mass is 293 g/mol. The van der Waals surface area contributed by atoms with Crippen LogP contribution in [0.4, 0.5) is 0 Å². The molecule has 0 aromatic heterocycles. The van der Waals surface area contributed by atoms with Crippen molar-refractivity contribution in [3.05, 3.63) is 0 Å². The van der Waals surface area contributed by atoms with Crippen molar-refractivity contribution in [2.45, 2.75) is 70.9 Å². The Morgan fingerprint density at radius 2 is 2.10 bits per heavy atom. The number of cyclic esters (lactones) is 1. The molecular weight excluding hydrogens is 266 g/mol. The Morgan fingerprint density at radius 1 is 1.29 bits per heavy atom. The second kappa shape index (κ2) is 5.98. The fourth-order valence-corrected chi connectivity index (χ4v) is 4.71. The van der Waals surface area contributed by atoms with E-state index in [2.05, 4.69) is 11.8 Å². The van der Waals surface area contributed by atoms with Crippen molar-refractivity contribution in [2.24, 2.45) is 17.8 Å². The molecule has 3 fully saturated rings. The van der Waals surface area contributed by atoms with Crippen molar-refractivity contribution in [2.75, 3.05) is 6.54 Å². The summed E-state index contributed by atoms with van der Waals surface area (Å²) in [6.45, 7) is 5.10. The zero-order valence-corrected chi connectivity index (χ0v) is 13.2. The first-order chi connectivity index (χ1) is 10.1. The molecule has 118 valence electrons. The van der Waals surface area contributed by atoms with Crippen molar-refractivity contribution in [1.82, 2.24) is 4.90 Å². The topological polar surface area (TPSA) is 46.6 Å². The number of amides is 1. The minimum absolute atomic E-state index is 0.0357. The predicted octanol–water partition coefficient (Wildman–Crippen LogP) is 2.76. The number of carbonyl (C=O) groups excluding carboxylic acids is 2. The second-order valence-electron chi connectivity index (χ2n) is 7.04. The fraction of sp³-hybridized carbons (Fsp3) is 0.882. The van der Waals surface area contributed by atoms with Crippen molar-refractivity contribution in [3.8, 4) is 0 Å². The molecule has 0 N–H and O–H groups in total. The molecule has 1 amide bonds. The van der Waals surface area contributed by atoms with E-state index >= 15 is 0 Å². The Labute approximate surface area is 127 Å². The quantitative estimate of drug-likeness (QED) is 0.752. The van der Waals surface area contributed by atoms with Gasteiger partial charge in [-0.25, -0.2) is 0 Å². The van der Waals surface area contributed by atoms with Crippen LogP contribution in [0.2, 0.25) is 0 Å². The van der Waals surface area contributed by atoms with Gasteiger partial charge in [0.15, 0.2) is 0 Å². The Balaban J connectivity index is 1.78. The molecule has 0 saturated carbocycles. The third kappa shape index (κ3) is 2.69. The van der Waals surface area contributed by atoms with Gasteiger partial charge in [0.2, 0.25) is 5.91 Å². The molecule has 3 heterocycles. The molecule has 4 nitrogen and oxygen atoms in total. The lowest BCUT2D eigenvalue weighted by Crippen LogP contribution is -2.42. The lowest BCUT2D eigenvalue weighted by molar-refractivity contribution is -0.147. The molecule has 0 aromatic carbocycles. The van der Waals surface area contributed by atoms with Crippen molar-refractivity contribution in [1.29, 1.82) is 0 Å². The molecule has 0 aliphatic carbocycles. The molecule has 0 spiro atoms. The highest BCUT2D eigenvalue weighted by Gasteiger charge is 2.45. The van der Waals surface area contributed by atoms with Crippen molar-refractivity contribution < 1.29 is 14.3 Å². The van der Waals surface area contributed by atoms with Crippen LogP contribution in [0.5, 0.6) is 0 Å². The van der Waals surface area contributed by atoms with Gasteiger partial charge in [0.1, 0.15) is 6.10 Å². The summed E-state index contributed by atoms with van der Waals surface area (Å²) < 4.78 is 5.65. The van der Waals surface area contributed by atoms with E-state index in [1.807, 2.05) is 6.92 Å². The van der Waals surface area contributed by atoms with E-state index in [4.69, 9.17) is 4.74 Å². The SMILES string of the molecule is CC[C@@H]([C@H]1CCCCN2C(=O)CC[C@@H]12)[C@@H]1C[C@@H](C)C(=O)O1. The van der Waals surface area contributed by atoms with Gasteiger partial charge in [-0.05, 0) is 38.0 Å². The number of nitrogens with zero attached hydrogens (tertiary/aromatic N) is 1. The molecule has 5 atom stereocenters. The van der Waals surface area contributed by atoms with Crippen LogP contribution < -0.4 is 0 Å². The number of hydrogen-bond acceptors (Lipinski definition) is 3. The molecule has 3 aliphatic heterocycles. The van der Waals surface area contributed by atoms with Crippen LogP contribution in [0.3, 0.4) is 0 Å². The maximum absolute atomic E-state index is 12.1. The van der Waals surface area contributed by atoms with E-state index in [1.54, 1.807) is 0 Å². The Bertz CT molecular complexity index is 422. The largest absolute Gasteiger partial charge is 0.462 e. The van der Waals surface area contributed by atoms with Gasteiger partial charge in [-0.2, -0.15) is 0 Å². The Morgan fingerprint density at radius 3 is 2.76 bits per heavy atom. The third-order valence-electron chi connectivity index (χ3n) is 5.81. The first kappa shape index (κ1) is 14.9. The van der Waals surface area contributed by atoms with E-state index in [0.717, 1.165) is 32.2 Å². The van der Waals surface area contributed by atoms with Crippen LogP contribution in [0, 0.1) is 17.8 Å². The molecule has 3 aliphatic rings. The predicted molar refractivity (Wildman–Crippen MR) is 79.5 cm³/mol. The van der Waals surface area contributed by atoms with Gasteiger partial charge in [0.25, 0.3) is 0 Å². The summed E-state index contributed by atoms with van der Waals surface area (Å²) in [6.07, 6.45) is 7.15. The average Bonchev–Trinajstić information content (AvgIpc) is 2.90. The summed E-state index contributed by atoms with van der Waals surface area (Å²) in [5, 5.41) is 0. The summed E-state index contributed by atoms with van der Waals surface area (Å²) in [5.41, 5.74) is 0. The number of fused-ring (bicyclic) bond motifs is 1. The van der Waals surface area contributed by atoms with Crippen molar-refractivity contribution in [3.63, 3.8) is 0 Å². The van der Waals surface area contributed by atoms with Crippen molar-refractivity contribution >= 4 is 11.9 Å². The Hall–Kier alpha value is -1.06. The maximum atomic E-state index is 12.1. The van der Waals surface area contributed by atoms with Crippen LogP contribution in [0.25, 0.3) is 0 Å². The first-order valence-corrected chi connectivity index (χ1v) is 8.61. The number of hydrogen-bond donors (Lipinski definition) is 0. The van der Waals surface area contributed by atoms with E-state index in [1.165, 1.54) is 12.8 Å². The van der Waals surface area contributed by atoms with Gasteiger partial charge in [-0.1, -0.05) is 20.3 Å². The van der Waals surface area contributed by atoms with E-state index in [-0.39, 0.29) is 18.0 Å². The van der Waals surface area contributed by atoms with Crippen LogP contribution in [-0.4, -0.2) is 35.5 Å². The van der Waals surface area contributed by atoms with Gasteiger partial charge in [-0.15, -0.1) is 0 Å². The number of esters is 1.